The molecule has 4 aromatic rings. The fourth-order valence-electron chi connectivity index (χ4n) is 4.63. The van der Waals surface area contributed by atoms with E-state index in [1.54, 1.807) is 18.5 Å². The van der Waals surface area contributed by atoms with E-state index in [1.165, 1.54) is 6.42 Å². The number of benzene rings is 3. The van der Waals surface area contributed by atoms with Crippen molar-refractivity contribution in [1.29, 1.82) is 0 Å². The Kier molecular flexibility index (Phi) is 7.55. The van der Waals surface area contributed by atoms with Crippen LogP contribution in [0.4, 0.5) is 11.4 Å². The summed E-state index contributed by atoms with van der Waals surface area (Å²) >= 11 is 0. The molecule has 2 amide bonds. The molecular weight excluding hydrogens is 460 g/mol. The molecular formula is C31H30N4O2. The molecule has 3 aromatic carbocycles. The van der Waals surface area contributed by atoms with E-state index in [0.717, 1.165) is 48.3 Å². The molecule has 2 heterocycles. The fourth-order valence-corrected chi connectivity index (χ4v) is 4.63. The molecule has 5 rings (SSSR count). The van der Waals surface area contributed by atoms with Gasteiger partial charge in [-0.25, -0.2) is 0 Å². The third kappa shape index (κ3) is 6.04. The number of carbonyl (C=O) groups is 2. The monoisotopic (exact) mass is 490 g/mol. The second kappa shape index (κ2) is 11.5. The van der Waals surface area contributed by atoms with Crippen LogP contribution in [0, 0.1) is 0 Å². The Hall–Kier alpha value is -4.45. The molecule has 0 atom stereocenters. The first-order valence-corrected chi connectivity index (χ1v) is 12.7. The maximum atomic E-state index is 13.3. The van der Waals surface area contributed by atoms with Crippen molar-refractivity contribution in [2.24, 2.45) is 0 Å². The summed E-state index contributed by atoms with van der Waals surface area (Å²) in [7, 11) is 0. The number of amides is 2. The molecule has 0 bridgehead atoms. The van der Waals surface area contributed by atoms with Crippen LogP contribution in [-0.4, -0.2) is 29.9 Å². The highest BCUT2D eigenvalue weighted by Crippen LogP contribution is 2.28. The summed E-state index contributed by atoms with van der Waals surface area (Å²) in [6, 6.07) is 27.0. The number of carbonyl (C=O) groups excluding carboxylic acids is 2. The van der Waals surface area contributed by atoms with Crippen LogP contribution in [-0.2, 0) is 6.54 Å². The lowest BCUT2D eigenvalue weighted by atomic mass is 10.0. The van der Waals surface area contributed by atoms with Gasteiger partial charge in [0.15, 0.2) is 0 Å². The molecule has 2 N–H and O–H groups in total. The molecule has 1 aliphatic rings. The Morgan fingerprint density at radius 1 is 0.784 bits per heavy atom. The van der Waals surface area contributed by atoms with Gasteiger partial charge >= 0.3 is 0 Å². The van der Waals surface area contributed by atoms with Crippen molar-refractivity contribution in [2.45, 2.75) is 25.8 Å². The van der Waals surface area contributed by atoms with E-state index in [1.807, 2.05) is 78.9 Å². The van der Waals surface area contributed by atoms with Gasteiger partial charge in [0, 0.05) is 49.0 Å². The van der Waals surface area contributed by atoms with Gasteiger partial charge in [-0.15, -0.1) is 0 Å². The largest absolute Gasteiger partial charge is 0.371 e. The molecule has 6 nitrogen and oxygen atoms in total. The van der Waals surface area contributed by atoms with Crippen LogP contribution in [0.15, 0.2) is 97.3 Å². The topological polar surface area (TPSA) is 74.3 Å². The summed E-state index contributed by atoms with van der Waals surface area (Å²) in [6.45, 7) is 2.22. The molecule has 0 aliphatic carbocycles. The first kappa shape index (κ1) is 24.3. The zero-order valence-corrected chi connectivity index (χ0v) is 20.7. The summed E-state index contributed by atoms with van der Waals surface area (Å²) < 4.78 is 0. The minimum atomic E-state index is -0.216. The minimum Gasteiger partial charge on any atom is -0.371 e. The second-order valence-corrected chi connectivity index (χ2v) is 9.22. The molecule has 0 saturated carbocycles. The average Bonchev–Trinajstić information content (AvgIpc) is 2.97. The van der Waals surface area contributed by atoms with Crippen LogP contribution in [0.25, 0.3) is 11.1 Å². The zero-order valence-electron chi connectivity index (χ0n) is 20.7. The number of anilines is 2. The van der Waals surface area contributed by atoms with E-state index in [-0.39, 0.29) is 11.8 Å². The van der Waals surface area contributed by atoms with E-state index in [4.69, 9.17) is 0 Å². The van der Waals surface area contributed by atoms with Gasteiger partial charge in [0.25, 0.3) is 11.8 Å². The number of hydrogen-bond donors (Lipinski definition) is 2. The highest BCUT2D eigenvalue weighted by Gasteiger charge is 2.20. The highest BCUT2D eigenvalue weighted by molar-refractivity contribution is 6.06. The van der Waals surface area contributed by atoms with Crippen LogP contribution in [0.5, 0.6) is 0 Å². The van der Waals surface area contributed by atoms with E-state index in [9.17, 15) is 9.59 Å². The van der Waals surface area contributed by atoms with Gasteiger partial charge in [0.1, 0.15) is 0 Å². The third-order valence-electron chi connectivity index (χ3n) is 6.63. The number of aromatic nitrogens is 1. The molecule has 1 aromatic heterocycles. The number of piperidine rings is 1. The normalized spacial score (nSPS) is 13.1. The van der Waals surface area contributed by atoms with Crippen LogP contribution in [0.3, 0.4) is 0 Å². The van der Waals surface area contributed by atoms with Crippen molar-refractivity contribution in [3.8, 4) is 11.1 Å². The first-order chi connectivity index (χ1) is 18.2. The van der Waals surface area contributed by atoms with Crippen molar-refractivity contribution in [3.63, 3.8) is 0 Å². The number of pyridine rings is 1. The Balaban J connectivity index is 1.34. The lowest BCUT2D eigenvalue weighted by molar-refractivity contribution is 0.0950. The number of hydrogen-bond acceptors (Lipinski definition) is 4. The van der Waals surface area contributed by atoms with Gasteiger partial charge in [-0.3, -0.25) is 14.6 Å². The van der Waals surface area contributed by atoms with E-state index >= 15 is 0 Å². The molecule has 186 valence electrons. The lowest BCUT2D eigenvalue weighted by Gasteiger charge is -2.30. The van der Waals surface area contributed by atoms with Crippen LogP contribution in [0.1, 0.15) is 45.5 Å². The molecule has 37 heavy (non-hydrogen) atoms. The average molecular weight is 491 g/mol. The van der Waals surface area contributed by atoms with Crippen molar-refractivity contribution < 1.29 is 9.59 Å². The van der Waals surface area contributed by atoms with E-state index in [2.05, 4.69) is 20.5 Å². The summed E-state index contributed by atoms with van der Waals surface area (Å²) in [5.41, 5.74) is 5.68. The molecule has 6 heteroatoms. The molecule has 1 fully saturated rings. The maximum absolute atomic E-state index is 13.3. The standard InChI is InChI=1S/C31H30N4O2/c36-30(26-13-11-25(12-14-26)24-9-3-1-4-10-24)34-27-15-16-29(35-18-5-2-6-19-35)28(20-27)31(37)33-22-23-8-7-17-32-21-23/h1,3-4,7-17,20-21H,2,5-6,18-19,22H2,(H,33,37)(H,34,36). The van der Waals surface area contributed by atoms with Gasteiger partial charge < -0.3 is 15.5 Å². The third-order valence-corrected chi connectivity index (χ3v) is 6.63. The smallest absolute Gasteiger partial charge is 0.255 e. The van der Waals surface area contributed by atoms with E-state index < -0.39 is 0 Å². The summed E-state index contributed by atoms with van der Waals surface area (Å²) in [6.07, 6.45) is 6.87. The van der Waals surface area contributed by atoms with E-state index in [0.29, 0.717) is 23.4 Å². The van der Waals surface area contributed by atoms with Gasteiger partial charge in [-0.2, -0.15) is 0 Å². The summed E-state index contributed by atoms with van der Waals surface area (Å²) in [5, 5.41) is 5.98. The van der Waals surface area contributed by atoms with Gasteiger partial charge in [0.2, 0.25) is 0 Å². The first-order valence-electron chi connectivity index (χ1n) is 12.7. The Labute approximate surface area is 217 Å². The highest BCUT2D eigenvalue weighted by atomic mass is 16.2. The van der Waals surface area contributed by atoms with Crippen LogP contribution >= 0.6 is 0 Å². The number of nitrogens with zero attached hydrogens (tertiary/aromatic N) is 2. The van der Waals surface area contributed by atoms with Crippen LogP contribution in [0.2, 0.25) is 0 Å². The predicted octanol–water partition coefficient (Wildman–Crippen LogP) is 5.92. The molecule has 0 unspecified atom stereocenters. The molecule has 0 radical (unpaired) electrons. The van der Waals surface area contributed by atoms with Crippen molar-refractivity contribution >= 4 is 23.2 Å². The maximum Gasteiger partial charge on any atom is 0.255 e. The molecule has 1 saturated heterocycles. The SMILES string of the molecule is O=C(Nc1ccc(N2CCCCC2)c(C(=O)NCc2cccnc2)c1)c1ccc(-c2ccccc2)cc1. The van der Waals surface area contributed by atoms with Gasteiger partial charge in [-0.1, -0.05) is 48.5 Å². The molecule has 0 spiro atoms. The molecule has 1 aliphatic heterocycles. The summed E-state index contributed by atoms with van der Waals surface area (Å²) in [5.74, 6) is -0.389. The fraction of sp³-hybridized carbons (Fsp3) is 0.194. The van der Waals surface area contributed by atoms with Crippen LogP contribution < -0.4 is 15.5 Å². The second-order valence-electron chi connectivity index (χ2n) is 9.22. The Morgan fingerprint density at radius 2 is 1.54 bits per heavy atom. The van der Waals surface area contributed by atoms with Crippen molar-refractivity contribution in [1.82, 2.24) is 10.3 Å². The Bertz CT molecular complexity index is 1350. The van der Waals surface area contributed by atoms with Crippen molar-refractivity contribution in [2.75, 3.05) is 23.3 Å². The minimum absolute atomic E-state index is 0.173. The zero-order chi connectivity index (χ0) is 25.5. The van der Waals surface area contributed by atoms with Gasteiger partial charge in [-0.05, 0) is 72.4 Å². The quantitative estimate of drug-likeness (QED) is 0.337. The Morgan fingerprint density at radius 3 is 2.27 bits per heavy atom. The number of nitrogens with one attached hydrogen (secondary N) is 2. The van der Waals surface area contributed by atoms with Crippen molar-refractivity contribution in [3.05, 3.63) is 114 Å². The summed E-state index contributed by atoms with van der Waals surface area (Å²) in [4.78, 5) is 32.7. The predicted molar refractivity (Wildman–Crippen MR) is 148 cm³/mol. The number of rotatable bonds is 7. The van der Waals surface area contributed by atoms with Gasteiger partial charge in [0.05, 0.1) is 5.56 Å². The lowest BCUT2D eigenvalue weighted by Crippen LogP contribution is -2.32.